The molecule has 2 aliphatic rings. The van der Waals surface area contributed by atoms with E-state index in [9.17, 15) is 39.6 Å². The third-order valence-electron chi connectivity index (χ3n) is 7.32. The molecule has 0 spiro atoms. The van der Waals surface area contributed by atoms with Gasteiger partial charge in [-0.15, -0.1) is 23.1 Å². The highest BCUT2D eigenvalue weighted by Gasteiger charge is 2.57. The maximum absolute atomic E-state index is 13.4. The first-order valence-corrected chi connectivity index (χ1v) is 16.3. The van der Waals surface area contributed by atoms with Crippen LogP contribution in [-0.2, 0) is 24.0 Å². The summed E-state index contributed by atoms with van der Waals surface area (Å²) in [5.74, 6) is -4.81. The van der Waals surface area contributed by atoms with Gasteiger partial charge in [0.25, 0.3) is 5.91 Å². The predicted molar refractivity (Wildman–Crippen MR) is 171 cm³/mol. The molecule has 11 N–H and O–H groups in total. The first kappa shape index (κ1) is 33.3. The van der Waals surface area contributed by atoms with Crippen LogP contribution in [0, 0.1) is 12.3 Å². The normalized spacial score (nSPS) is 21.3. The fraction of sp³-hybridized carbons (Fsp3) is 0.308. The number of nitrogens with one attached hydrogen (secondary N) is 1. The summed E-state index contributed by atoms with van der Waals surface area (Å²) in [6, 6.07) is 2.12. The average molecular weight is 706 g/mol. The van der Waals surface area contributed by atoms with Crippen LogP contribution in [0.2, 0.25) is 0 Å². The summed E-state index contributed by atoms with van der Waals surface area (Å²) in [6.07, 6.45) is -1.81. The molecule has 4 heterocycles. The van der Waals surface area contributed by atoms with E-state index in [1.807, 2.05) is 0 Å². The van der Waals surface area contributed by atoms with Gasteiger partial charge in [-0.05, 0) is 19.1 Å². The maximum atomic E-state index is 13.4. The molecule has 5 rings (SSSR count). The van der Waals surface area contributed by atoms with Crippen LogP contribution < -0.4 is 22.5 Å². The van der Waals surface area contributed by atoms with Crippen molar-refractivity contribution < 1.29 is 44.4 Å². The van der Waals surface area contributed by atoms with Crippen molar-refractivity contribution in [2.75, 3.05) is 35.3 Å². The molecule has 0 bridgehead atoms. The van der Waals surface area contributed by atoms with Crippen LogP contribution in [0.3, 0.4) is 0 Å². The summed E-state index contributed by atoms with van der Waals surface area (Å²) in [7, 11) is 0. The fourth-order valence-corrected chi connectivity index (χ4v) is 7.84. The molecule has 0 saturated carbocycles. The van der Waals surface area contributed by atoms with Crippen molar-refractivity contribution in [3.63, 3.8) is 0 Å². The van der Waals surface area contributed by atoms with Crippen molar-refractivity contribution in [2.24, 2.45) is 10.6 Å². The van der Waals surface area contributed by atoms with Crippen molar-refractivity contribution in [2.45, 2.75) is 29.6 Å². The Morgan fingerprint density at radius 1 is 1.17 bits per heavy atom. The van der Waals surface area contributed by atoms with Crippen molar-refractivity contribution in [1.29, 1.82) is 0 Å². The first-order valence-electron chi connectivity index (χ1n) is 13.4. The lowest BCUT2D eigenvalue weighted by Crippen LogP contribution is -2.74. The third kappa shape index (κ3) is 6.62. The molecule has 3 unspecified atom stereocenters. The number of carboxylic acids is 2. The summed E-state index contributed by atoms with van der Waals surface area (Å²) in [5.41, 5.74) is 15.9. The molecule has 3 aromatic rings. The summed E-state index contributed by atoms with van der Waals surface area (Å²) >= 11 is 3.17. The van der Waals surface area contributed by atoms with Crippen LogP contribution in [0.1, 0.15) is 22.9 Å². The van der Waals surface area contributed by atoms with Gasteiger partial charge in [0.2, 0.25) is 12.0 Å². The number of phenols is 2. The third-order valence-corrected chi connectivity index (χ3v) is 10.7. The van der Waals surface area contributed by atoms with Crippen molar-refractivity contribution in [3.05, 3.63) is 40.4 Å². The second-order valence-corrected chi connectivity index (χ2v) is 13.4. The van der Waals surface area contributed by atoms with Gasteiger partial charge in [0.1, 0.15) is 34.2 Å². The number of thioether (sulfide) groups is 2. The van der Waals surface area contributed by atoms with Crippen LogP contribution >= 0.6 is 34.9 Å². The van der Waals surface area contributed by atoms with Gasteiger partial charge in [0, 0.05) is 34.6 Å². The van der Waals surface area contributed by atoms with Crippen LogP contribution in [0.4, 0.5) is 16.8 Å². The number of carboxylic acid groups (broad SMARTS) is 2. The average Bonchev–Trinajstić information content (AvgIpc) is 3.46. The summed E-state index contributed by atoms with van der Waals surface area (Å²) in [5, 5.41) is 46.6. The van der Waals surface area contributed by atoms with Crippen molar-refractivity contribution in [3.8, 4) is 11.5 Å². The largest absolute Gasteiger partial charge is 0.504 e. The molecule has 2 fully saturated rings. The lowest BCUT2D eigenvalue weighted by atomic mass is 9.89. The molecule has 2 amide bonds. The highest BCUT2D eigenvalue weighted by Crippen LogP contribution is 2.44. The number of β-lactam (4-membered cyclic amide) rings is 1. The number of nitrogen functional groups attached to an aromatic ring is 3. The molecule has 21 heteroatoms. The number of carbonyl (C=O) groups is 4. The lowest BCUT2D eigenvalue weighted by molar-refractivity contribution is -0.157. The Bertz CT molecular complexity index is 1780. The summed E-state index contributed by atoms with van der Waals surface area (Å²) < 4.78 is 0. The van der Waals surface area contributed by atoms with E-state index in [1.165, 1.54) is 16.3 Å². The zero-order chi connectivity index (χ0) is 34.2. The van der Waals surface area contributed by atoms with Gasteiger partial charge in [0.15, 0.2) is 27.5 Å². The number of benzene rings is 1. The van der Waals surface area contributed by atoms with Gasteiger partial charge in [-0.3, -0.25) is 14.4 Å². The number of thiazole rings is 1. The lowest BCUT2D eigenvalue weighted by Gasteiger charge is -2.53. The fourth-order valence-electron chi connectivity index (χ4n) is 4.57. The van der Waals surface area contributed by atoms with Gasteiger partial charge in [0.05, 0.1) is 0 Å². The number of hydrogen-bond donors (Lipinski definition) is 8. The first-order chi connectivity index (χ1) is 22.2. The highest BCUT2D eigenvalue weighted by molar-refractivity contribution is 8.00. The van der Waals surface area contributed by atoms with Crippen molar-refractivity contribution >= 4 is 81.1 Å². The number of anilines is 3. The minimum Gasteiger partial charge on any atom is -0.504 e. The molecule has 2 aromatic heterocycles. The molecule has 1 aromatic carbocycles. The number of aromatic hydroxyl groups is 2. The molecule has 4 atom stereocenters. The van der Waals surface area contributed by atoms with Crippen LogP contribution in [0.5, 0.6) is 11.5 Å². The molecule has 248 valence electrons. The minimum atomic E-state index is -1.81. The van der Waals surface area contributed by atoms with E-state index in [2.05, 4.69) is 25.4 Å². The number of fused-ring (bicyclic) bond motifs is 1. The number of hydrogen-bond acceptors (Lipinski definition) is 17. The quantitative estimate of drug-likeness (QED) is 0.0330. The number of rotatable bonds is 11. The number of nitrogens with zero attached hydrogens (tertiary/aromatic N) is 5. The zero-order valence-electron chi connectivity index (χ0n) is 24.2. The van der Waals surface area contributed by atoms with E-state index in [4.69, 9.17) is 22.0 Å². The van der Waals surface area contributed by atoms with Crippen LogP contribution in [0.15, 0.2) is 33.9 Å². The molecule has 0 radical (unpaired) electrons. The molecular formula is C26H27N9O9S3. The number of nitrogens with two attached hydrogens (primary N) is 3. The summed E-state index contributed by atoms with van der Waals surface area (Å²) in [6.45, 7) is 1.51. The zero-order valence-corrected chi connectivity index (χ0v) is 26.6. The smallest absolute Gasteiger partial charge is 0.352 e. The maximum Gasteiger partial charge on any atom is 0.352 e. The molecular weight excluding hydrogens is 679 g/mol. The summed E-state index contributed by atoms with van der Waals surface area (Å²) in [4.78, 5) is 69.9. The minimum absolute atomic E-state index is 0.00768. The van der Waals surface area contributed by atoms with Gasteiger partial charge in [-0.2, -0.15) is 0 Å². The standard InChI is InChI=1S/C26H27N9O9S3/c1-9-17(27)32-25(33-18(9)28)47-8-26(23(42)43)6-35-20(39)15(21(35)46-7-26)31-19(38)14(11-5-45-24(29)30-11)34-44-16(22(40)41)10-2-3-12(36)13(37)4-10/h2-5,15-16,21,36-37H,6-8H2,1H3,(H2,29,30)(H,31,38)(H,40,41)(H,42,43)(H4,27,28,32,33)/t15?,16?,21-,26?/m1/s1. The monoisotopic (exact) mass is 705 g/mol. The Labute approximate surface area is 277 Å². The second kappa shape index (κ2) is 13.0. The van der Waals surface area contributed by atoms with E-state index < -0.39 is 63.9 Å². The number of aromatic nitrogens is 3. The number of aliphatic carboxylic acids is 2. The van der Waals surface area contributed by atoms with Crippen LogP contribution in [0.25, 0.3) is 0 Å². The Morgan fingerprint density at radius 3 is 2.47 bits per heavy atom. The van der Waals surface area contributed by atoms with E-state index in [0.29, 0.717) is 5.56 Å². The predicted octanol–water partition coefficient (Wildman–Crippen LogP) is 0.209. The highest BCUT2D eigenvalue weighted by atomic mass is 32.2. The molecule has 0 aliphatic carbocycles. The van der Waals surface area contributed by atoms with Gasteiger partial charge >= 0.3 is 11.9 Å². The van der Waals surface area contributed by atoms with E-state index >= 15 is 0 Å². The number of oxime groups is 1. The van der Waals surface area contributed by atoms with Gasteiger partial charge in [-0.25, -0.2) is 19.7 Å². The van der Waals surface area contributed by atoms with Crippen LogP contribution in [-0.4, -0.2) is 99.2 Å². The molecule has 18 nitrogen and oxygen atoms in total. The topological polar surface area (TPSA) is 303 Å². The van der Waals surface area contributed by atoms with E-state index in [-0.39, 0.29) is 51.2 Å². The van der Waals surface area contributed by atoms with Gasteiger partial charge < -0.3 is 52.7 Å². The Balaban J connectivity index is 1.30. The Kier molecular flexibility index (Phi) is 9.22. The Morgan fingerprint density at radius 2 is 1.87 bits per heavy atom. The second-order valence-electron chi connectivity index (χ2n) is 10.5. The van der Waals surface area contributed by atoms with Gasteiger partial charge in [-0.1, -0.05) is 23.0 Å². The van der Waals surface area contributed by atoms with Crippen molar-refractivity contribution in [1.82, 2.24) is 25.2 Å². The van der Waals surface area contributed by atoms with E-state index in [1.54, 1.807) is 6.92 Å². The number of carbonyl (C=O) groups excluding carboxylic acids is 2. The molecule has 2 saturated heterocycles. The Hall–Kier alpha value is -5.02. The SMILES string of the molecule is Cc1c(N)nc(SCC2(C(=O)O)CS[C@@H]3C(NC(=O)C(=NOC(C(=O)O)c4ccc(O)c(O)c4)c4csc(N)n4)C(=O)N3C2)nc1N. The number of phenolic OH excluding ortho intramolecular Hbond substituents is 2. The molecule has 47 heavy (non-hydrogen) atoms. The van der Waals surface area contributed by atoms with E-state index in [0.717, 1.165) is 47.0 Å². The number of amides is 2. The molecule has 2 aliphatic heterocycles.